The van der Waals surface area contributed by atoms with Crippen LogP contribution in [0.3, 0.4) is 0 Å². The first-order valence-corrected chi connectivity index (χ1v) is 11.1. The maximum Gasteiger partial charge on any atom is 0.252 e. The van der Waals surface area contributed by atoms with E-state index in [9.17, 15) is 4.79 Å². The van der Waals surface area contributed by atoms with Crippen LogP contribution in [0.4, 0.5) is 17.1 Å². The van der Waals surface area contributed by atoms with Gasteiger partial charge in [0.1, 0.15) is 5.75 Å². The maximum absolute atomic E-state index is 12.3. The number of primary amides is 1. The number of benzene rings is 2. The Morgan fingerprint density at radius 3 is 2.62 bits per heavy atom. The number of rotatable bonds is 6. The molecule has 0 saturated carbocycles. The second kappa shape index (κ2) is 9.22. The van der Waals surface area contributed by atoms with E-state index in [0.29, 0.717) is 34.1 Å². The van der Waals surface area contributed by atoms with E-state index in [1.807, 2.05) is 44.2 Å². The molecule has 32 heavy (non-hydrogen) atoms. The molecule has 2 heterocycles. The summed E-state index contributed by atoms with van der Waals surface area (Å²) in [5.74, 6) is 0.225. The first kappa shape index (κ1) is 22.2. The molecule has 1 aliphatic rings. The van der Waals surface area contributed by atoms with Crippen molar-refractivity contribution in [3.8, 4) is 5.75 Å². The molecule has 0 bridgehead atoms. The molecule has 2 aromatic carbocycles. The summed E-state index contributed by atoms with van der Waals surface area (Å²) in [5.41, 5.74) is 10.0. The largest absolute Gasteiger partial charge is 0.492 e. The van der Waals surface area contributed by atoms with Crippen LogP contribution < -0.4 is 20.7 Å². The molecule has 0 atom stereocenters. The van der Waals surface area contributed by atoms with E-state index >= 15 is 0 Å². The molecule has 0 aliphatic carbocycles. The highest BCUT2D eigenvalue weighted by atomic mass is 35.5. The first-order chi connectivity index (χ1) is 15.4. The summed E-state index contributed by atoms with van der Waals surface area (Å²) in [6.45, 7) is 8.20. The van der Waals surface area contributed by atoms with Gasteiger partial charge < -0.3 is 25.6 Å². The van der Waals surface area contributed by atoms with E-state index in [2.05, 4.69) is 27.1 Å². The van der Waals surface area contributed by atoms with Crippen molar-refractivity contribution in [2.75, 3.05) is 50.1 Å². The van der Waals surface area contributed by atoms with Crippen LogP contribution in [-0.4, -0.2) is 55.6 Å². The van der Waals surface area contributed by atoms with Crippen molar-refractivity contribution >= 4 is 45.5 Å². The quantitative estimate of drug-likeness (QED) is 0.582. The highest BCUT2D eigenvalue weighted by molar-refractivity contribution is 6.33. The average Bonchev–Trinajstić information content (AvgIpc) is 2.76. The fourth-order valence-electron chi connectivity index (χ4n) is 3.95. The predicted octanol–water partition coefficient (Wildman–Crippen LogP) is 4.19. The van der Waals surface area contributed by atoms with Crippen LogP contribution in [0.1, 0.15) is 22.8 Å². The molecule has 1 amide bonds. The number of carbonyl (C=O) groups is 1. The molecule has 3 N–H and O–H groups in total. The molecular weight excluding hydrogens is 426 g/mol. The third kappa shape index (κ3) is 4.45. The summed E-state index contributed by atoms with van der Waals surface area (Å²) >= 11 is 6.47. The number of nitrogens with one attached hydrogen (secondary N) is 1. The van der Waals surface area contributed by atoms with Gasteiger partial charge in [0, 0.05) is 43.8 Å². The lowest BCUT2D eigenvalue weighted by Gasteiger charge is -2.35. The Bertz CT molecular complexity index is 1160. The Kier molecular flexibility index (Phi) is 6.39. The van der Waals surface area contributed by atoms with Gasteiger partial charge in [-0.15, -0.1) is 0 Å². The third-order valence-electron chi connectivity index (χ3n) is 5.74. The molecule has 1 fully saturated rings. The smallest absolute Gasteiger partial charge is 0.252 e. The molecule has 3 aromatic rings. The highest BCUT2D eigenvalue weighted by Crippen LogP contribution is 2.39. The lowest BCUT2D eigenvalue weighted by atomic mass is 10.1. The predicted molar refractivity (Wildman–Crippen MR) is 131 cm³/mol. The van der Waals surface area contributed by atoms with E-state index in [1.54, 1.807) is 0 Å². The van der Waals surface area contributed by atoms with E-state index in [-0.39, 0.29) is 0 Å². The van der Waals surface area contributed by atoms with Crippen LogP contribution in [0.15, 0.2) is 36.5 Å². The van der Waals surface area contributed by atoms with Gasteiger partial charge in [0.05, 0.1) is 39.8 Å². The summed E-state index contributed by atoms with van der Waals surface area (Å²) < 4.78 is 5.96. The van der Waals surface area contributed by atoms with Gasteiger partial charge in [-0.3, -0.25) is 9.78 Å². The Hall–Kier alpha value is -3.03. The van der Waals surface area contributed by atoms with E-state index in [0.717, 1.165) is 48.6 Å². The number of pyridine rings is 1. The number of hydrogen-bond acceptors (Lipinski definition) is 6. The summed E-state index contributed by atoms with van der Waals surface area (Å²) in [6.07, 6.45) is 1.50. The van der Waals surface area contributed by atoms with Crippen molar-refractivity contribution in [1.82, 2.24) is 9.88 Å². The summed E-state index contributed by atoms with van der Waals surface area (Å²) in [6, 6.07) is 9.70. The van der Waals surface area contributed by atoms with Crippen molar-refractivity contribution in [2.24, 2.45) is 5.73 Å². The molecule has 1 saturated heterocycles. The number of aromatic nitrogens is 1. The van der Waals surface area contributed by atoms with Gasteiger partial charge in [-0.05, 0) is 44.7 Å². The number of nitrogens with zero attached hydrogens (tertiary/aromatic N) is 3. The van der Waals surface area contributed by atoms with Crippen LogP contribution in [-0.2, 0) is 0 Å². The minimum absolute atomic E-state index is 0.308. The summed E-state index contributed by atoms with van der Waals surface area (Å²) in [5, 5.41) is 4.69. The zero-order chi connectivity index (χ0) is 22.8. The second-order valence-electron chi connectivity index (χ2n) is 8.08. The van der Waals surface area contributed by atoms with Crippen LogP contribution in [0, 0.1) is 6.92 Å². The molecule has 0 radical (unpaired) electrons. The van der Waals surface area contributed by atoms with Crippen molar-refractivity contribution in [3.05, 3.63) is 52.7 Å². The van der Waals surface area contributed by atoms with E-state index in [1.165, 1.54) is 6.20 Å². The molecule has 4 rings (SSSR count). The van der Waals surface area contributed by atoms with E-state index < -0.39 is 5.91 Å². The van der Waals surface area contributed by atoms with Gasteiger partial charge in [-0.25, -0.2) is 0 Å². The number of nitrogens with two attached hydrogens (primary N) is 1. The number of carbonyl (C=O) groups excluding carboxylic acids is 1. The molecule has 8 heteroatoms. The number of ether oxygens (including phenoxy) is 1. The Morgan fingerprint density at radius 1 is 1.22 bits per heavy atom. The van der Waals surface area contributed by atoms with Gasteiger partial charge >= 0.3 is 0 Å². The third-order valence-corrected chi connectivity index (χ3v) is 6.05. The Labute approximate surface area is 193 Å². The molecular formula is C24H28ClN5O2. The number of piperazine rings is 1. The summed E-state index contributed by atoms with van der Waals surface area (Å²) in [4.78, 5) is 21.4. The molecule has 0 unspecified atom stereocenters. The monoisotopic (exact) mass is 453 g/mol. The normalized spacial score (nSPS) is 14.6. The van der Waals surface area contributed by atoms with Crippen molar-refractivity contribution in [1.29, 1.82) is 0 Å². The van der Waals surface area contributed by atoms with Gasteiger partial charge in [0.15, 0.2) is 0 Å². The zero-order valence-corrected chi connectivity index (χ0v) is 19.4. The van der Waals surface area contributed by atoms with Gasteiger partial charge in [0.25, 0.3) is 5.91 Å². The van der Waals surface area contributed by atoms with Gasteiger partial charge in [-0.1, -0.05) is 17.7 Å². The molecule has 7 nitrogen and oxygen atoms in total. The van der Waals surface area contributed by atoms with Crippen molar-refractivity contribution in [3.63, 3.8) is 0 Å². The standard InChI is InChI=1S/C24H28ClN5O2/c1-4-32-22-13-20-16(12-21(22)30-9-7-29(3)8-10-30)23(17(14-27-20)24(26)31)28-19-6-5-15(2)11-18(19)25/h5-6,11-14H,4,7-10H2,1-3H3,(H2,26,31)(H,27,28). The molecule has 168 valence electrons. The zero-order valence-electron chi connectivity index (χ0n) is 18.6. The second-order valence-corrected chi connectivity index (χ2v) is 8.49. The van der Waals surface area contributed by atoms with Crippen LogP contribution in [0.25, 0.3) is 10.9 Å². The van der Waals surface area contributed by atoms with Crippen LogP contribution >= 0.6 is 11.6 Å². The molecule has 1 aromatic heterocycles. The Balaban J connectivity index is 1.88. The highest BCUT2D eigenvalue weighted by Gasteiger charge is 2.22. The fraction of sp³-hybridized carbons (Fsp3) is 0.333. The number of fused-ring (bicyclic) bond motifs is 1. The lowest BCUT2D eigenvalue weighted by molar-refractivity contribution is 0.100. The van der Waals surface area contributed by atoms with Gasteiger partial charge in [0.2, 0.25) is 0 Å². The fourth-order valence-corrected chi connectivity index (χ4v) is 4.23. The number of halogens is 1. The first-order valence-electron chi connectivity index (χ1n) is 10.7. The van der Waals surface area contributed by atoms with Gasteiger partial charge in [-0.2, -0.15) is 0 Å². The van der Waals surface area contributed by atoms with Crippen molar-refractivity contribution in [2.45, 2.75) is 13.8 Å². The minimum Gasteiger partial charge on any atom is -0.492 e. The molecule has 0 spiro atoms. The average molecular weight is 454 g/mol. The van der Waals surface area contributed by atoms with Crippen LogP contribution in [0.2, 0.25) is 5.02 Å². The molecule has 1 aliphatic heterocycles. The van der Waals surface area contributed by atoms with E-state index in [4.69, 9.17) is 22.1 Å². The SMILES string of the molecule is CCOc1cc2ncc(C(N)=O)c(Nc3ccc(C)cc3Cl)c2cc1N1CCN(C)CC1. The Morgan fingerprint density at radius 2 is 1.97 bits per heavy atom. The topological polar surface area (TPSA) is 83.7 Å². The number of amides is 1. The van der Waals surface area contributed by atoms with Crippen LogP contribution in [0.5, 0.6) is 5.75 Å². The number of likely N-dealkylation sites (N-methyl/N-ethyl adjacent to an activating group) is 1. The summed E-state index contributed by atoms with van der Waals surface area (Å²) in [7, 11) is 2.12. The van der Waals surface area contributed by atoms with Crippen molar-refractivity contribution < 1.29 is 9.53 Å². The number of anilines is 3. The minimum atomic E-state index is -0.555. The lowest BCUT2D eigenvalue weighted by Crippen LogP contribution is -2.44. The number of aryl methyl sites for hydroxylation is 1. The maximum atomic E-state index is 12.3. The number of hydrogen-bond donors (Lipinski definition) is 2.